The van der Waals surface area contributed by atoms with Crippen molar-refractivity contribution < 1.29 is 18.3 Å². The average molecular weight is 356 g/mol. The molecule has 0 saturated carbocycles. The van der Waals surface area contributed by atoms with E-state index < -0.39 is 18.0 Å². The predicted molar refractivity (Wildman–Crippen MR) is 65.8 cm³/mol. The van der Waals surface area contributed by atoms with Gasteiger partial charge < -0.3 is 10.5 Å². The van der Waals surface area contributed by atoms with Gasteiger partial charge >= 0.3 is 5.97 Å². The van der Waals surface area contributed by atoms with Crippen LogP contribution in [0.5, 0.6) is 0 Å². The second-order valence-electron chi connectivity index (χ2n) is 3.10. The highest BCUT2D eigenvalue weighted by Gasteiger charge is 2.23. The van der Waals surface area contributed by atoms with Crippen molar-refractivity contribution in [2.45, 2.75) is 19.9 Å². The molecule has 94 valence electrons. The van der Waals surface area contributed by atoms with Gasteiger partial charge in [0.25, 0.3) is 6.43 Å². The minimum Gasteiger partial charge on any atom is -0.461 e. The molecule has 1 rings (SSSR count). The number of esters is 1. The first-order valence-corrected chi connectivity index (χ1v) is 5.93. The molecule has 0 unspecified atom stereocenters. The number of aromatic nitrogens is 1. The number of hydrogen-bond acceptors (Lipinski definition) is 4. The summed E-state index contributed by atoms with van der Waals surface area (Å²) >= 11 is 1.84. The van der Waals surface area contributed by atoms with E-state index >= 15 is 0 Å². The molecule has 0 spiro atoms. The third-order valence-electron chi connectivity index (χ3n) is 2.00. The number of ether oxygens (including phenoxy) is 1. The maximum atomic E-state index is 12.8. The minimum absolute atomic E-state index is 0.0914. The Morgan fingerprint density at radius 1 is 1.65 bits per heavy atom. The van der Waals surface area contributed by atoms with Gasteiger partial charge in [-0.2, -0.15) is 0 Å². The summed E-state index contributed by atoms with van der Waals surface area (Å²) in [5.74, 6) is -0.843. The molecule has 7 heteroatoms. The van der Waals surface area contributed by atoms with Crippen molar-refractivity contribution in [1.29, 1.82) is 0 Å². The van der Waals surface area contributed by atoms with Crippen LogP contribution < -0.4 is 5.73 Å². The lowest BCUT2D eigenvalue weighted by atomic mass is 10.1. The van der Waals surface area contributed by atoms with Crippen molar-refractivity contribution in [2.75, 3.05) is 6.61 Å². The lowest BCUT2D eigenvalue weighted by molar-refractivity contribution is 0.0507. The van der Waals surface area contributed by atoms with Gasteiger partial charge in [0.1, 0.15) is 3.70 Å². The van der Waals surface area contributed by atoms with Gasteiger partial charge in [0, 0.05) is 6.54 Å². The second kappa shape index (κ2) is 6.20. The molecule has 4 nitrogen and oxygen atoms in total. The molecule has 0 amide bonds. The molecule has 0 bridgehead atoms. The van der Waals surface area contributed by atoms with Crippen LogP contribution >= 0.6 is 22.6 Å². The molecule has 1 heterocycles. The topological polar surface area (TPSA) is 65.2 Å². The van der Waals surface area contributed by atoms with Crippen LogP contribution in [0.1, 0.15) is 35.0 Å². The van der Waals surface area contributed by atoms with Crippen molar-refractivity contribution >= 4 is 28.6 Å². The summed E-state index contributed by atoms with van der Waals surface area (Å²) in [5, 5.41) is 0. The maximum Gasteiger partial charge on any atom is 0.357 e. The Bertz CT molecular complexity index is 427. The van der Waals surface area contributed by atoms with E-state index in [-0.39, 0.29) is 18.8 Å². The fraction of sp³-hybridized carbons (Fsp3) is 0.400. The maximum absolute atomic E-state index is 12.8. The number of nitrogens with zero attached hydrogens (tertiary/aromatic N) is 1. The van der Waals surface area contributed by atoms with Gasteiger partial charge in [0.05, 0.1) is 12.2 Å². The van der Waals surface area contributed by atoms with Gasteiger partial charge in [0.15, 0.2) is 5.69 Å². The third kappa shape index (κ3) is 3.32. The van der Waals surface area contributed by atoms with Crippen molar-refractivity contribution in [1.82, 2.24) is 4.98 Å². The molecule has 0 aliphatic rings. The molecule has 2 N–H and O–H groups in total. The van der Waals surface area contributed by atoms with Crippen LogP contribution in [0, 0.1) is 3.70 Å². The second-order valence-corrected chi connectivity index (χ2v) is 4.12. The van der Waals surface area contributed by atoms with E-state index in [1.165, 1.54) is 6.07 Å². The highest BCUT2D eigenvalue weighted by atomic mass is 127. The molecule has 1 aromatic rings. The van der Waals surface area contributed by atoms with Crippen LogP contribution in [0.25, 0.3) is 0 Å². The Hall–Kier alpha value is -0.830. The number of pyridine rings is 1. The summed E-state index contributed by atoms with van der Waals surface area (Å²) in [6.07, 6.45) is -2.79. The SMILES string of the molecule is CCOC(=O)c1nc(I)c(CN)cc1C(F)F. The van der Waals surface area contributed by atoms with Crippen molar-refractivity contribution in [3.8, 4) is 0 Å². The molecule has 0 fully saturated rings. The van der Waals surface area contributed by atoms with E-state index in [2.05, 4.69) is 9.72 Å². The summed E-state index contributed by atoms with van der Waals surface area (Å²) < 4.78 is 30.7. The number of halogens is 3. The molecular formula is C10H11F2IN2O2. The molecule has 1 aromatic heterocycles. The number of rotatable bonds is 4. The van der Waals surface area contributed by atoms with Crippen LogP contribution in [0.4, 0.5) is 8.78 Å². The van der Waals surface area contributed by atoms with Gasteiger partial charge in [-0.3, -0.25) is 0 Å². The fourth-order valence-electron chi connectivity index (χ4n) is 1.22. The van der Waals surface area contributed by atoms with Crippen molar-refractivity contribution in [2.24, 2.45) is 5.73 Å². The standard InChI is InChI=1S/C10H11F2IN2O2/c1-2-17-10(16)7-6(8(11)12)3-5(4-14)9(13)15-7/h3,8H,2,4,14H2,1H3. The van der Waals surface area contributed by atoms with E-state index in [0.717, 1.165) is 0 Å². The summed E-state index contributed by atoms with van der Waals surface area (Å²) in [6, 6.07) is 1.20. The average Bonchev–Trinajstić information content (AvgIpc) is 2.28. The molecule has 0 atom stereocenters. The van der Waals surface area contributed by atoms with Gasteiger partial charge in [-0.05, 0) is 41.1 Å². The van der Waals surface area contributed by atoms with Crippen LogP contribution in [-0.2, 0) is 11.3 Å². The summed E-state index contributed by atoms with van der Waals surface area (Å²) in [5.41, 5.74) is 5.09. The zero-order valence-electron chi connectivity index (χ0n) is 9.04. The van der Waals surface area contributed by atoms with E-state index in [0.29, 0.717) is 9.26 Å². The minimum atomic E-state index is -2.79. The number of hydrogen-bond donors (Lipinski definition) is 1. The normalized spacial score (nSPS) is 10.7. The Balaban J connectivity index is 3.27. The van der Waals surface area contributed by atoms with Crippen molar-refractivity contribution in [3.05, 3.63) is 26.6 Å². The molecule has 0 aromatic carbocycles. The van der Waals surface area contributed by atoms with Crippen LogP contribution in [0.3, 0.4) is 0 Å². The van der Waals surface area contributed by atoms with E-state index in [9.17, 15) is 13.6 Å². The van der Waals surface area contributed by atoms with E-state index in [1.54, 1.807) is 6.92 Å². The van der Waals surface area contributed by atoms with Gasteiger partial charge in [-0.1, -0.05) is 0 Å². The molecular weight excluding hydrogens is 345 g/mol. The zero-order chi connectivity index (χ0) is 13.0. The molecule has 0 aliphatic heterocycles. The van der Waals surface area contributed by atoms with Gasteiger partial charge in [0.2, 0.25) is 0 Å². The number of carbonyl (C=O) groups excluding carboxylic acids is 1. The first-order chi connectivity index (χ1) is 8.01. The smallest absolute Gasteiger partial charge is 0.357 e. The van der Waals surface area contributed by atoms with Crippen LogP contribution in [0.15, 0.2) is 6.07 Å². The van der Waals surface area contributed by atoms with Gasteiger partial charge in [-0.25, -0.2) is 18.6 Å². The molecule has 0 saturated heterocycles. The number of nitrogens with two attached hydrogens (primary N) is 1. The van der Waals surface area contributed by atoms with Crippen LogP contribution in [-0.4, -0.2) is 17.6 Å². The van der Waals surface area contributed by atoms with E-state index in [1.807, 2.05) is 22.6 Å². The highest BCUT2D eigenvalue weighted by molar-refractivity contribution is 14.1. The largest absolute Gasteiger partial charge is 0.461 e. The zero-order valence-corrected chi connectivity index (χ0v) is 11.2. The first-order valence-electron chi connectivity index (χ1n) is 4.85. The Morgan fingerprint density at radius 3 is 2.76 bits per heavy atom. The highest BCUT2D eigenvalue weighted by Crippen LogP contribution is 2.25. The quantitative estimate of drug-likeness (QED) is 0.511. The summed E-state index contributed by atoms with van der Waals surface area (Å²) in [4.78, 5) is 15.3. The monoisotopic (exact) mass is 356 g/mol. The first kappa shape index (κ1) is 14.2. The molecule has 0 aliphatic carbocycles. The lowest BCUT2D eigenvalue weighted by Crippen LogP contribution is -2.14. The van der Waals surface area contributed by atoms with Crippen LogP contribution in [0.2, 0.25) is 0 Å². The Kier molecular flexibility index (Phi) is 5.19. The molecule has 17 heavy (non-hydrogen) atoms. The predicted octanol–water partition coefficient (Wildman–Crippen LogP) is 2.26. The number of carbonyl (C=O) groups is 1. The summed E-state index contributed by atoms with van der Waals surface area (Å²) in [6.45, 7) is 1.80. The Labute approximate surface area is 111 Å². The fourth-order valence-corrected chi connectivity index (χ4v) is 1.84. The van der Waals surface area contributed by atoms with Gasteiger partial charge in [-0.15, -0.1) is 0 Å². The lowest BCUT2D eigenvalue weighted by Gasteiger charge is -2.10. The molecule has 0 radical (unpaired) electrons. The number of alkyl halides is 2. The van der Waals surface area contributed by atoms with Crippen molar-refractivity contribution in [3.63, 3.8) is 0 Å². The summed E-state index contributed by atoms with van der Waals surface area (Å²) in [7, 11) is 0. The third-order valence-corrected chi connectivity index (χ3v) is 2.94. The van der Waals surface area contributed by atoms with E-state index in [4.69, 9.17) is 5.73 Å². The Morgan fingerprint density at radius 2 is 2.29 bits per heavy atom.